The van der Waals surface area contributed by atoms with Crippen LogP contribution >= 0.6 is 0 Å². The van der Waals surface area contributed by atoms with E-state index in [1.807, 2.05) is 13.8 Å². The maximum atomic E-state index is 11.9. The van der Waals surface area contributed by atoms with Gasteiger partial charge in [-0.1, -0.05) is 0 Å². The Kier molecular flexibility index (Phi) is 4.27. The molecule has 1 N–H and O–H groups in total. The molecule has 1 heterocycles. The van der Waals surface area contributed by atoms with Crippen LogP contribution in [0.15, 0.2) is 18.3 Å². The standard InChI is InChI=1S/C10H14F2N2O/c1-7(2)14-8-4-3-5-13-10(8)15-6-9(11)12/h3-5,7,9,14H,6H2,1-2H3. The molecule has 3 nitrogen and oxygen atoms in total. The van der Waals surface area contributed by atoms with Crippen molar-refractivity contribution in [1.29, 1.82) is 0 Å². The number of nitrogens with zero attached hydrogens (tertiary/aromatic N) is 1. The molecule has 0 bridgehead atoms. The molecule has 0 amide bonds. The van der Waals surface area contributed by atoms with Crippen LogP contribution in [0.2, 0.25) is 0 Å². The molecular formula is C10H14F2N2O. The van der Waals surface area contributed by atoms with Crippen molar-refractivity contribution in [2.24, 2.45) is 0 Å². The molecule has 0 aliphatic rings. The second kappa shape index (κ2) is 5.48. The molecule has 84 valence electrons. The average molecular weight is 216 g/mol. The second-order valence-corrected chi connectivity index (χ2v) is 3.36. The van der Waals surface area contributed by atoms with Gasteiger partial charge in [0, 0.05) is 12.2 Å². The number of hydrogen-bond donors (Lipinski definition) is 1. The topological polar surface area (TPSA) is 34.2 Å². The van der Waals surface area contributed by atoms with Gasteiger partial charge < -0.3 is 10.1 Å². The first-order valence-electron chi connectivity index (χ1n) is 4.72. The van der Waals surface area contributed by atoms with Crippen LogP contribution in [-0.4, -0.2) is 24.1 Å². The highest BCUT2D eigenvalue weighted by Crippen LogP contribution is 2.21. The van der Waals surface area contributed by atoms with Gasteiger partial charge in [0.25, 0.3) is 6.43 Å². The van der Waals surface area contributed by atoms with E-state index in [9.17, 15) is 8.78 Å². The lowest BCUT2D eigenvalue weighted by Gasteiger charge is -2.13. The summed E-state index contributed by atoms with van der Waals surface area (Å²) >= 11 is 0. The quantitative estimate of drug-likeness (QED) is 0.821. The third kappa shape index (κ3) is 4.10. The number of halogens is 2. The van der Waals surface area contributed by atoms with Crippen molar-refractivity contribution in [3.8, 4) is 5.88 Å². The maximum absolute atomic E-state index is 11.9. The van der Waals surface area contributed by atoms with Crippen molar-refractivity contribution in [2.75, 3.05) is 11.9 Å². The molecule has 0 unspecified atom stereocenters. The van der Waals surface area contributed by atoms with E-state index in [0.717, 1.165) is 0 Å². The third-order valence-electron chi connectivity index (χ3n) is 1.56. The van der Waals surface area contributed by atoms with Crippen LogP contribution < -0.4 is 10.1 Å². The number of ether oxygens (including phenoxy) is 1. The van der Waals surface area contributed by atoms with Crippen LogP contribution in [-0.2, 0) is 0 Å². The Hall–Kier alpha value is -1.39. The summed E-state index contributed by atoms with van der Waals surface area (Å²) in [5.41, 5.74) is 0.633. The summed E-state index contributed by atoms with van der Waals surface area (Å²) in [6.07, 6.45) is -0.981. The van der Waals surface area contributed by atoms with Crippen molar-refractivity contribution < 1.29 is 13.5 Å². The van der Waals surface area contributed by atoms with E-state index >= 15 is 0 Å². The zero-order valence-electron chi connectivity index (χ0n) is 8.71. The van der Waals surface area contributed by atoms with Crippen molar-refractivity contribution in [2.45, 2.75) is 26.3 Å². The lowest BCUT2D eigenvalue weighted by Crippen LogP contribution is -2.13. The monoisotopic (exact) mass is 216 g/mol. The number of pyridine rings is 1. The molecule has 0 aromatic carbocycles. The fraction of sp³-hybridized carbons (Fsp3) is 0.500. The van der Waals surface area contributed by atoms with Crippen LogP contribution in [0.1, 0.15) is 13.8 Å². The van der Waals surface area contributed by atoms with Gasteiger partial charge in [0.2, 0.25) is 5.88 Å². The maximum Gasteiger partial charge on any atom is 0.272 e. The number of anilines is 1. The molecule has 0 spiro atoms. The fourth-order valence-electron chi connectivity index (χ4n) is 1.07. The Bertz CT molecular complexity index is 305. The Morgan fingerprint density at radius 3 is 2.80 bits per heavy atom. The van der Waals surface area contributed by atoms with Crippen molar-refractivity contribution in [1.82, 2.24) is 4.98 Å². The van der Waals surface area contributed by atoms with Gasteiger partial charge in [-0.2, -0.15) is 0 Å². The molecule has 0 saturated carbocycles. The van der Waals surface area contributed by atoms with E-state index in [1.165, 1.54) is 6.20 Å². The predicted octanol–water partition coefficient (Wildman–Crippen LogP) is 2.55. The molecule has 0 saturated heterocycles. The summed E-state index contributed by atoms with van der Waals surface area (Å²) in [6.45, 7) is 3.26. The highest BCUT2D eigenvalue weighted by atomic mass is 19.3. The van der Waals surface area contributed by atoms with Crippen LogP contribution in [0.3, 0.4) is 0 Å². The summed E-state index contributed by atoms with van der Waals surface area (Å²) in [5, 5.41) is 3.06. The largest absolute Gasteiger partial charge is 0.470 e. The van der Waals surface area contributed by atoms with E-state index in [0.29, 0.717) is 5.69 Å². The normalized spacial score (nSPS) is 10.8. The van der Waals surface area contributed by atoms with Gasteiger partial charge in [-0.25, -0.2) is 13.8 Å². The van der Waals surface area contributed by atoms with Gasteiger partial charge in [0.15, 0.2) is 6.61 Å². The number of hydrogen-bond acceptors (Lipinski definition) is 3. The highest BCUT2D eigenvalue weighted by Gasteiger charge is 2.09. The van der Waals surface area contributed by atoms with Gasteiger partial charge in [-0.05, 0) is 26.0 Å². The first-order chi connectivity index (χ1) is 7.09. The number of aromatic nitrogens is 1. The zero-order chi connectivity index (χ0) is 11.3. The van der Waals surface area contributed by atoms with Gasteiger partial charge in [-0.3, -0.25) is 0 Å². The summed E-state index contributed by atoms with van der Waals surface area (Å²) in [7, 11) is 0. The van der Waals surface area contributed by atoms with Crippen LogP contribution in [0, 0.1) is 0 Å². The number of nitrogens with one attached hydrogen (secondary N) is 1. The Labute approximate surface area is 87.5 Å². The minimum atomic E-state index is -2.49. The Morgan fingerprint density at radius 2 is 2.20 bits per heavy atom. The number of alkyl halides is 2. The molecule has 1 rings (SSSR count). The Morgan fingerprint density at radius 1 is 1.47 bits per heavy atom. The van der Waals surface area contributed by atoms with E-state index in [2.05, 4.69) is 10.3 Å². The molecule has 1 aromatic heterocycles. The summed E-state index contributed by atoms with van der Waals surface area (Å²) < 4.78 is 28.8. The highest BCUT2D eigenvalue weighted by molar-refractivity contribution is 5.52. The average Bonchev–Trinajstić information content (AvgIpc) is 2.15. The SMILES string of the molecule is CC(C)Nc1cccnc1OCC(F)F. The summed E-state index contributed by atoms with van der Waals surface area (Å²) in [6, 6.07) is 3.66. The van der Waals surface area contributed by atoms with Crippen molar-refractivity contribution in [3.63, 3.8) is 0 Å². The van der Waals surface area contributed by atoms with E-state index in [1.54, 1.807) is 12.1 Å². The van der Waals surface area contributed by atoms with Crippen LogP contribution in [0.5, 0.6) is 5.88 Å². The fourth-order valence-corrected chi connectivity index (χ4v) is 1.07. The molecule has 15 heavy (non-hydrogen) atoms. The Balaban J connectivity index is 2.68. The molecule has 0 aliphatic heterocycles. The third-order valence-corrected chi connectivity index (χ3v) is 1.56. The minimum Gasteiger partial charge on any atom is -0.470 e. The molecule has 0 fully saturated rings. The molecular weight excluding hydrogens is 202 g/mol. The van der Waals surface area contributed by atoms with E-state index in [4.69, 9.17) is 4.74 Å². The first kappa shape index (κ1) is 11.7. The van der Waals surface area contributed by atoms with E-state index < -0.39 is 13.0 Å². The second-order valence-electron chi connectivity index (χ2n) is 3.36. The van der Waals surface area contributed by atoms with Crippen molar-refractivity contribution >= 4 is 5.69 Å². The first-order valence-corrected chi connectivity index (χ1v) is 4.72. The molecule has 5 heteroatoms. The van der Waals surface area contributed by atoms with E-state index in [-0.39, 0.29) is 11.9 Å². The van der Waals surface area contributed by atoms with Gasteiger partial charge in [-0.15, -0.1) is 0 Å². The molecule has 0 atom stereocenters. The summed E-state index contributed by atoms with van der Waals surface area (Å²) in [4.78, 5) is 3.89. The van der Waals surface area contributed by atoms with Gasteiger partial charge in [0.1, 0.15) is 0 Å². The molecule has 0 aliphatic carbocycles. The van der Waals surface area contributed by atoms with Crippen molar-refractivity contribution in [3.05, 3.63) is 18.3 Å². The predicted molar refractivity (Wildman–Crippen MR) is 54.5 cm³/mol. The lowest BCUT2D eigenvalue weighted by atomic mass is 10.3. The number of rotatable bonds is 5. The lowest BCUT2D eigenvalue weighted by molar-refractivity contribution is 0.0799. The molecule has 1 aromatic rings. The zero-order valence-corrected chi connectivity index (χ0v) is 8.71. The minimum absolute atomic E-state index is 0.197. The van der Waals surface area contributed by atoms with Crippen LogP contribution in [0.4, 0.5) is 14.5 Å². The van der Waals surface area contributed by atoms with Gasteiger partial charge in [0.05, 0.1) is 5.69 Å². The van der Waals surface area contributed by atoms with Gasteiger partial charge >= 0.3 is 0 Å². The van der Waals surface area contributed by atoms with Crippen LogP contribution in [0.25, 0.3) is 0 Å². The smallest absolute Gasteiger partial charge is 0.272 e. The summed E-state index contributed by atoms with van der Waals surface area (Å²) in [5.74, 6) is 0.214. The molecule has 0 radical (unpaired) electrons.